The van der Waals surface area contributed by atoms with E-state index in [9.17, 15) is 0 Å². The van der Waals surface area contributed by atoms with Gasteiger partial charge in [-0.3, -0.25) is 0 Å². The molecule has 0 spiro atoms. The van der Waals surface area contributed by atoms with Gasteiger partial charge in [-0.2, -0.15) is 0 Å². The van der Waals surface area contributed by atoms with Crippen LogP contribution < -0.4 is 4.90 Å². The van der Waals surface area contributed by atoms with Crippen molar-refractivity contribution in [3.05, 3.63) is 249 Å². The van der Waals surface area contributed by atoms with Crippen LogP contribution in [0.25, 0.3) is 110 Å². The Labute approximate surface area is 388 Å². The molecule has 0 bridgehead atoms. The normalized spacial score (nSPS) is 11.6. The van der Waals surface area contributed by atoms with E-state index in [1.54, 1.807) is 0 Å². The Morgan fingerprint density at radius 2 is 0.687 bits per heavy atom. The van der Waals surface area contributed by atoms with Crippen LogP contribution in [0.3, 0.4) is 0 Å². The fraction of sp³-hybridized carbons (Fsp3) is 0. The first kappa shape index (κ1) is 38.5. The summed E-state index contributed by atoms with van der Waals surface area (Å²) in [5.41, 5.74) is 18.3. The largest absolute Gasteiger partial charge is 0.455 e. The van der Waals surface area contributed by atoms with Crippen molar-refractivity contribution in [3.63, 3.8) is 0 Å². The quantitative estimate of drug-likeness (QED) is 0.152. The third kappa shape index (κ3) is 6.67. The maximum absolute atomic E-state index is 6.80. The molecule has 0 unspecified atom stereocenters. The van der Waals surface area contributed by atoms with Crippen molar-refractivity contribution in [2.24, 2.45) is 0 Å². The Kier molecular flexibility index (Phi) is 9.17. The minimum atomic E-state index is 0.871. The zero-order valence-corrected chi connectivity index (χ0v) is 36.4. The van der Waals surface area contributed by atoms with Gasteiger partial charge in [-0.05, 0) is 116 Å². The highest BCUT2D eigenvalue weighted by molar-refractivity contribution is 6.22. The van der Waals surface area contributed by atoms with Crippen LogP contribution in [-0.2, 0) is 0 Å². The molecule has 2 aromatic heterocycles. The monoisotopic (exact) mass is 855 g/mol. The van der Waals surface area contributed by atoms with Crippen LogP contribution in [0.2, 0.25) is 0 Å². The molecular weight excluding hydrogens is 815 g/mol. The summed E-state index contributed by atoms with van der Waals surface area (Å²) in [5, 5.41) is 6.74. The van der Waals surface area contributed by atoms with Gasteiger partial charge >= 0.3 is 0 Å². The van der Waals surface area contributed by atoms with Crippen molar-refractivity contribution in [2.45, 2.75) is 0 Å². The van der Waals surface area contributed by atoms with Crippen LogP contribution in [0.1, 0.15) is 0 Å². The number of benzene rings is 11. The Morgan fingerprint density at radius 1 is 0.239 bits per heavy atom. The zero-order valence-electron chi connectivity index (χ0n) is 36.4. The first-order chi connectivity index (χ1) is 33.2. The van der Waals surface area contributed by atoms with Gasteiger partial charge in [-0.15, -0.1) is 0 Å². The second kappa shape index (κ2) is 16.0. The predicted molar refractivity (Wildman–Crippen MR) is 280 cm³/mol. The van der Waals surface area contributed by atoms with Gasteiger partial charge in [-0.25, -0.2) is 0 Å². The standard InChI is InChI=1S/C64H41NO2/c1-3-14-42(15-4-1)44-28-34-49(35-29-44)65(51-38-32-46(33-39-51)53-24-12-25-57-55-21-9-10-26-60(55)66-63(53)57)50-36-30-45(31-37-50)52-23-13-27-61-62(52)59-41-58(54-20-7-8-22-56(54)64(59)67-61)48-19-11-18-47(40-48)43-16-5-2-6-17-43/h1-41H. The average Bonchev–Trinajstić information content (AvgIpc) is 3.99. The smallest absolute Gasteiger partial charge is 0.143 e. The van der Waals surface area contributed by atoms with Crippen molar-refractivity contribution < 1.29 is 8.83 Å². The fourth-order valence-corrected chi connectivity index (χ4v) is 10.1. The van der Waals surface area contributed by atoms with Crippen LogP contribution in [-0.4, -0.2) is 0 Å². The van der Waals surface area contributed by atoms with E-state index in [0.29, 0.717) is 0 Å². The second-order valence-electron chi connectivity index (χ2n) is 17.2. The van der Waals surface area contributed by atoms with Gasteiger partial charge in [0.15, 0.2) is 0 Å². The molecule has 0 aliphatic carbocycles. The van der Waals surface area contributed by atoms with E-state index in [0.717, 1.165) is 88.6 Å². The first-order valence-corrected chi connectivity index (χ1v) is 22.8. The number of para-hydroxylation sites is 2. The third-order valence-corrected chi connectivity index (χ3v) is 13.3. The Balaban J connectivity index is 0.915. The summed E-state index contributed by atoms with van der Waals surface area (Å²) in [6.45, 7) is 0. The summed E-state index contributed by atoms with van der Waals surface area (Å²) in [4.78, 5) is 2.33. The number of hydrogen-bond acceptors (Lipinski definition) is 3. The number of fused-ring (bicyclic) bond motifs is 8. The number of furan rings is 2. The van der Waals surface area contributed by atoms with Gasteiger partial charge in [-0.1, -0.05) is 188 Å². The number of nitrogens with zero attached hydrogens (tertiary/aromatic N) is 1. The molecule has 0 amide bonds. The van der Waals surface area contributed by atoms with Gasteiger partial charge < -0.3 is 13.7 Å². The van der Waals surface area contributed by atoms with Crippen molar-refractivity contribution in [1.29, 1.82) is 0 Å². The van der Waals surface area contributed by atoms with Gasteiger partial charge in [0.05, 0.1) is 0 Å². The lowest BCUT2D eigenvalue weighted by molar-refractivity contribution is 0.670. The van der Waals surface area contributed by atoms with Crippen LogP contribution >= 0.6 is 0 Å². The Bertz CT molecular complexity index is 3940. The Hall–Kier alpha value is -8.92. The summed E-state index contributed by atoms with van der Waals surface area (Å²) in [5.74, 6) is 0. The molecule has 0 fully saturated rings. The summed E-state index contributed by atoms with van der Waals surface area (Å²) in [6.07, 6.45) is 0. The van der Waals surface area contributed by atoms with E-state index >= 15 is 0 Å². The molecule has 0 radical (unpaired) electrons. The molecule has 3 heteroatoms. The van der Waals surface area contributed by atoms with Gasteiger partial charge in [0.25, 0.3) is 0 Å². The SMILES string of the molecule is c1ccc(-c2ccc(N(c3ccc(-c4cccc5c4oc4ccccc45)cc3)c3ccc(-c4cccc5oc6c7ccccc7c(-c7cccc(-c8ccccc8)c7)cc6c45)cc3)cc2)cc1. The minimum Gasteiger partial charge on any atom is -0.455 e. The predicted octanol–water partition coefficient (Wildman–Crippen LogP) is 18.4. The van der Waals surface area contributed by atoms with Gasteiger partial charge in [0.1, 0.15) is 22.3 Å². The molecule has 3 nitrogen and oxygen atoms in total. The number of anilines is 3. The van der Waals surface area contributed by atoms with E-state index in [-0.39, 0.29) is 0 Å². The molecule has 13 aromatic rings. The molecule has 2 heterocycles. The minimum absolute atomic E-state index is 0.871. The fourth-order valence-electron chi connectivity index (χ4n) is 10.1. The van der Waals surface area contributed by atoms with E-state index in [2.05, 4.69) is 241 Å². The van der Waals surface area contributed by atoms with E-state index < -0.39 is 0 Å². The van der Waals surface area contributed by atoms with Gasteiger partial charge in [0.2, 0.25) is 0 Å². The van der Waals surface area contributed by atoms with Crippen LogP contribution in [0.4, 0.5) is 17.1 Å². The molecule has 314 valence electrons. The van der Waals surface area contributed by atoms with E-state index in [4.69, 9.17) is 8.83 Å². The third-order valence-electron chi connectivity index (χ3n) is 13.3. The topological polar surface area (TPSA) is 29.5 Å². The molecule has 0 saturated heterocycles. The molecule has 11 aromatic carbocycles. The van der Waals surface area contributed by atoms with Gasteiger partial charge in [0, 0.05) is 49.6 Å². The summed E-state index contributed by atoms with van der Waals surface area (Å²) in [7, 11) is 0. The van der Waals surface area contributed by atoms with Crippen LogP contribution in [0.15, 0.2) is 258 Å². The first-order valence-electron chi connectivity index (χ1n) is 22.8. The highest BCUT2D eigenvalue weighted by atomic mass is 16.3. The molecule has 13 rings (SSSR count). The summed E-state index contributed by atoms with van der Waals surface area (Å²) in [6, 6.07) is 88.7. The molecule has 67 heavy (non-hydrogen) atoms. The van der Waals surface area contributed by atoms with Crippen molar-refractivity contribution in [1.82, 2.24) is 0 Å². The summed E-state index contributed by atoms with van der Waals surface area (Å²) >= 11 is 0. The average molecular weight is 856 g/mol. The molecule has 0 saturated carbocycles. The lowest BCUT2D eigenvalue weighted by Gasteiger charge is -2.26. The number of hydrogen-bond donors (Lipinski definition) is 0. The molecule has 0 aliphatic heterocycles. The molecular formula is C64H41NO2. The van der Waals surface area contributed by atoms with E-state index in [1.165, 1.54) is 38.8 Å². The maximum Gasteiger partial charge on any atom is 0.143 e. The highest BCUT2D eigenvalue weighted by Crippen LogP contribution is 2.45. The second-order valence-corrected chi connectivity index (χ2v) is 17.2. The molecule has 0 atom stereocenters. The van der Waals surface area contributed by atoms with Crippen molar-refractivity contribution >= 4 is 71.7 Å². The lowest BCUT2D eigenvalue weighted by Crippen LogP contribution is -2.09. The van der Waals surface area contributed by atoms with Crippen LogP contribution in [0.5, 0.6) is 0 Å². The Morgan fingerprint density at radius 3 is 1.39 bits per heavy atom. The molecule has 0 aliphatic rings. The summed E-state index contributed by atoms with van der Waals surface area (Å²) < 4.78 is 13.2. The van der Waals surface area contributed by atoms with Crippen LogP contribution in [0, 0.1) is 0 Å². The maximum atomic E-state index is 6.80. The van der Waals surface area contributed by atoms with Crippen molar-refractivity contribution in [2.75, 3.05) is 4.90 Å². The highest BCUT2D eigenvalue weighted by Gasteiger charge is 2.20. The molecule has 0 N–H and O–H groups in total. The van der Waals surface area contributed by atoms with Crippen molar-refractivity contribution in [3.8, 4) is 55.6 Å². The lowest BCUT2D eigenvalue weighted by atomic mass is 9.92. The number of rotatable bonds is 8. The zero-order chi connectivity index (χ0) is 44.3. The van der Waals surface area contributed by atoms with E-state index in [1.807, 2.05) is 12.1 Å².